The molecule has 0 saturated carbocycles. The van der Waals surface area contributed by atoms with Crippen LogP contribution in [0.5, 0.6) is 5.75 Å². The van der Waals surface area contributed by atoms with Crippen LogP contribution in [-0.4, -0.2) is 8.42 Å². The first-order valence-corrected chi connectivity index (χ1v) is 7.48. The number of hydrogen-bond acceptors (Lipinski definition) is 3. The van der Waals surface area contributed by atoms with E-state index in [1.807, 2.05) is 19.9 Å². The minimum Gasteiger partial charge on any atom is -0.379 e. The molecular weight excluding hydrogens is 279 g/mol. The molecule has 0 N–H and O–H groups in total. The molecule has 0 bridgehead atoms. The van der Waals surface area contributed by atoms with Crippen LogP contribution in [0.3, 0.4) is 0 Å². The average molecular weight is 294 g/mol. The highest BCUT2D eigenvalue weighted by Crippen LogP contribution is 2.22. The largest absolute Gasteiger partial charge is 0.379 e. The molecule has 5 heteroatoms. The maximum absolute atomic E-state index is 13.2. The smallest absolute Gasteiger partial charge is 0.339 e. The van der Waals surface area contributed by atoms with Crippen molar-refractivity contribution in [1.82, 2.24) is 0 Å². The van der Waals surface area contributed by atoms with E-state index in [9.17, 15) is 12.8 Å². The molecule has 0 fully saturated rings. The van der Waals surface area contributed by atoms with Gasteiger partial charge in [-0.15, -0.1) is 0 Å². The summed E-state index contributed by atoms with van der Waals surface area (Å²) in [5.41, 5.74) is 2.08. The molecule has 2 aromatic rings. The van der Waals surface area contributed by atoms with E-state index in [1.54, 1.807) is 12.1 Å². The third kappa shape index (κ3) is 3.17. The molecule has 0 saturated heterocycles. The van der Waals surface area contributed by atoms with Crippen LogP contribution in [0.2, 0.25) is 0 Å². The fraction of sp³-hybridized carbons (Fsp3) is 0.200. The Morgan fingerprint density at radius 3 is 2.10 bits per heavy atom. The van der Waals surface area contributed by atoms with Gasteiger partial charge < -0.3 is 4.18 Å². The standard InChI is InChI=1S/C15H15FO3S/c1-10-6-11(2)8-13(7-10)19-20(17,18)14-4-5-15(16)12(3)9-14/h4-9H,1-3H3. The maximum atomic E-state index is 13.2. The highest BCUT2D eigenvalue weighted by Gasteiger charge is 2.18. The second-order valence-corrected chi connectivity index (χ2v) is 6.32. The molecule has 0 radical (unpaired) electrons. The maximum Gasteiger partial charge on any atom is 0.339 e. The first kappa shape index (κ1) is 14.5. The van der Waals surface area contributed by atoms with E-state index in [1.165, 1.54) is 19.1 Å². The summed E-state index contributed by atoms with van der Waals surface area (Å²) in [6, 6.07) is 8.77. The van der Waals surface area contributed by atoms with Gasteiger partial charge in [0.15, 0.2) is 0 Å². The molecule has 0 aromatic heterocycles. The summed E-state index contributed by atoms with van der Waals surface area (Å²) in [4.78, 5) is -0.0597. The normalized spacial score (nSPS) is 11.4. The van der Waals surface area contributed by atoms with Gasteiger partial charge in [0.1, 0.15) is 16.5 Å². The predicted molar refractivity (Wildman–Crippen MR) is 74.9 cm³/mol. The molecule has 2 rings (SSSR count). The number of benzene rings is 2. The van der Waals surface area contributed by atoms with Gasteiger partial charge in [0.05, 0.1) is 0 Å². The fourth-order valence-electron chi connectivity index (χ4n) is 1.93. The Balaban J connectivity index is 2.37. The Labute approximate surface area is 118 Å². The molecule has 20 heavy (non-hydrogen) atoms. The lowest BCUT2D eigenvalue weighted by molar-refractivity contribution is 0.485. The Kier molecular flexibility index (Phi) is 3.81. The van der Waals surface area contributed by atoms with Gasteiger partial charge in [-0.05, 0) is 67.8 Å². The minimum atomic E-state index is -3.95. The molecule has 0 aliphatic rings. The van der Waals surface area contributed by atoms with Gasteiger partial charge in [-0.25, -0.2) is 4.39 Å². The molecule has 0 heterocycles. The van der Waals surface area contributed by atoms with Crippen LogP contribution in [-0.2, 0) is 10.1 Å². The van der Waals surface area contributed by atoms with Crippen molar-refractivity contribution >= 4 is 10.1 Å². The highest BCUT2D eigenvalue weighted by molar-refractivity contribution is 7.87. The molecule has 0 unspecified atom stereocenters. The van der Waals surface area contributed by atoms with Crippen molar-refractivity contribution in [1.29, 1.82) is 0 Å². The lowest BCUT2D eigenvalue weighted by atomic mass is 10.1. The first-order chi connectivity index (χ1) is 9.28. The zero-order valence-electron chi connectivity index (χ0n) is 11.5. The monoisotopic (exact) mass is 294 g/mol. The molecule has 0 amide bonds. The number of hydrogen-bond donors (Lipinski definition) is 0. The fourth-order valence-corrected chi connectivity index (χ4v) is 2.93. The van der Waals surface area contributed by atoms with Gasteiger partial charge in [0, 0.05) is 0 Å². The van der Waals surface area contributed by atoms with Crippen molar-refractivity contribution in [2.45, 2.75) is 25.7 Å². The van der Waals surface area contributed by atoms with Gasteiger partial charge >= 0.3 is 10.1 Å². The van der Waals surface area contributed by atoms with Crippen LogP contribution < -0.4 is 4.18 Å². The van der Waals surface area contributed by atoms with E-state index in [4.69, 9.17) is 4.18 Å². The van der Waals surface area contributed by atoms with Crippen molar-refractivity contribution in [2.24, 2.45) is 0 Å². The van der Waals surface area contributed by atoms with Crippen LogP contribution in [0, 0.1) is 26.6 Å². The predicted octanol–water partition coefficient (Wildman–Crippen LogP) is 3.52. The van der Waals surface area contributed by atoms with E-state index in [0.717, 1.165) is 17.2 Å². The van der Waals surface area contributed by atoms with Crippen molar-refractivity contribution in [3.63, 3.8) is 0 Å². The molecular formula is C15H15FO3S. The van der Waals surface area contributed by atoms with Gasteiger partial charge in [0.25, 0.3) is 0 Å². The summed E-state index contributed by atoms with van der Waals surface area (Å²) in [6.07, 6.45) is 0. The minimum absolute atomic E-state index is 0.0597. The molecule has 0 atom stereocenters. The van der Waals surface area contributed by atoms with Gasteiger partial charge in [-0.3, -0.25) is 0 Å². The van der Waals surface area contributed by atoms with E-state index < -0.39 is 15.9 Å². The van der Waals surface area contributed by atoms with Crippen LogP contribution >= 0.6 is 0 Å². The van der Waals surface area contributed by atoms with Crippen molar-refractivity contribution in [3.05, 3.63) is 58.9 Å². The Bertz CT molecular complexity index is 731. The average Bonchev–Trinajstić information content (AvgIpc) is 2.30. The topological polar surface area (TPSA) is 43.4 Å². The van der Waals surface area contributed by atoms with Crippen LogP contribution in [0.1, 0.15) is 16.7 Å². The Morgan fingerprint density at radius 2 is 1.55 bits per heavy atom. The molecule has 0 spiro atoms. The number of aryl methyl sites for hydroxylation is 3. The third-order valence-electron chi connectivity index (χ3n) is 2.82. The summed E-state index contributed by atoms with van der Waals surface area (Å²) >= 11 is 0. The Morgan fingerprint density at radius 1 is 0.950 bits per heavy atom. The molecule has 0 aliphatic carbocycles. The second-order valence-electron chi connectivity index (χ2n) is 4.77. The molecule has 0 aliphatic heterocycles. The zero-order chi connectivity index (χ0) is 14.9. The number of rotatable bonds is 3. The lowest BCUT2D eigenvalue weighted by Crippen LogP contribution is -2.10. The van der Waals surface area contributed by atoms with E-state index in [-0.39, 0.29) is 16.2 Å². The highest BCUT2D eigenvalue weighted by atomic mass is 32.2. The van der Waals surface area contributed by atoms with E-state index in [2.05, 4.69) is 0 Å². The van der Waals surface area contributed by atoms with Gasteiger partial charge in [0.2, 0.25) is 0 Å². The summed E-state index contributed by atoms with van der Waals surface area (Å²) in [5, 5.41) is 0. The van der Waals surface area contributed by atoms with Crippen LogP contribution in [0.4, 0.5) is 4.39 Å². The van der Waals surface area contributed by atoms with Crippen molar-refractivity contribution in [3.8, 4) is 5.75 Å². The second kappa shape index (κ2) is 5.25. The van der Waals surface area contributed by atoms with Crippen LogP contribution in [0.15, 0.2) is 41.3 Å². The summed E-state index contributed by atoms with van der Waals surface area (Å²) in [6.45, 7) is 5.22. The Hall–Kier alpha value is -1.88. The summed E-state index contributed by atoms with van der Waals surface area (Å²) in [7, 11) is -3.95. The van der Waals surface area contributed by atoms with Crippen molar-refractivity contribution in [2.75, 3.05) is 0 Å². The van der Waals surface area contributed by atoms with E-state index >= 15 is 0 Å². The van der Waals surface area contributed by atoms with Gasteiger partial charge in [-0.2, -0.15) is 8.42 Å². The SMILES string of the molecule is Cc1cc(C)cc(OS(=O)(=O)c2ccc(F)c(C)c2)c1. The molecule has 3 nitrogen and oxygen atoms in total. The zero-order valence-corrected chi connectivity index (χ0v) is 12.3. The molecule has 2 aromatic carbocycles. The quantitative estimate of drug-likeness (QED) is 0.813. The van der Waals surface area contributed by atoms with E-state index in [0.29, 0.717) is 0 Å². The third-order valence-corrected chi connectivity index (χ3v) is 4.06. The number of halogens is 1. The molecule has 106 valence electrons. The van der Waals surface area contributed by atoms with Crippen LogP contribution in [0.25, 0.3) is 0 Å². The lowest BCUT2D eigenvalue weighted by Gasteiger charge is -2.09. The van der Waals surface area contributed by atoms with Crippen molar-refractivity contribution < 1.29 is 17.0 Å². The summed E-state index contributed by atoms with van der Waals surface area (Å²) < 4.78 is 42.6. The summed E-state index contributed by atoms with van der Waals surface area (Å²) in [5.74, 6) is -0.195. The first-order valence-electron chi connectivity index (χ1n) is 6.07. The van der Waals surface area contributed by atoms with Gasteiger partial charge in [-0.1, -0.05) is 6.07 Å².